The average Bonchev–Trinajstić information content (AvgIpc) is 2.46. The molecule has 2 nitrogen and oxygen atoms in total. The third-order valence-electron chi connectivity index (χ3n) is 2.90. The number of hydrogen-bond acceptors (Lipinski definition) is 2. The van der Waals surface area contributed by atoms with Crippen molar-refractivity contribution in [2.75, 3.05) is 0 Å². The summed E-state index contributed by atoms with van der Waals surface area (Å²) in [6.07, 6.45) is 2.06. The molecule has 0 bridgehead atoms. The van der Waals surface area contributed by atoms with Gasteiger partial charge in [-0.2, -0.15) is 0 Å². The number of hydrogen-bond donors (Lipinski definition) is 0. The van der Waals surface area contributed by atoms with Crippen molar-refractivity contribution in [1.82, 2.24) is 0 Å². The molecule has 0 fully saturated rings. The van der Waals surface area contributed by atoms with Crippen LogP contribution in [0.15, 0.2) is 59.6 Å². The number of aliphatic imine (C=N–C) groups is 1. The molecule has 0 amide bonds. The fraction of sp³-hybridized carbons (Fsp3) is 0.176. The van der Waals surface area contributed by atoms with E-state index < -0.39 is 0 Å². The third kappa shape index (κ3) is 4.18. The topological polar surface area (TPSA) is 29.4 Å². The van der Waals surface area contributed by atoms with Crippen LogP contribution in [-0.4, -0.2) is 12.0 Å². The molecule has 0 N–H and O–H groups in total. The van der Waals surface area contributed by atoms with Crippen LogP contribution in [0.5, 0.6) is 0 Å². The lowest BCUT2D eigenvalue weighted by molar-refractivity contribution is 0.100. The first-order valence-corrected chi connectivity index (χ1v) is 6.38. The van der Waals surface area contributed by atoms with Gasteiger partial charge in [0.05, 0.1) is 6.54 Å². The lowest BCUT2D eigenvalue weighted by atomic mass is 10.1. The van der Waals surface area contributed by atoms with Gasteiger partial charge in [-0.15, -0.1) is 0 Å². The zero-order valence-corrected chi connectivity index (χ0v) is 11.0. The van der Waals surface area contributed by atoms with Crippen LogP contribution in [0.25, 0.3) is 0 Å². The number of carbonyl (C=O) groups excluding carboxylic acids is 1. The van der Waals surface area contributed by atoms with E-state index in [1.165, 1.54) is 5.56 Å². The molecule has 0 aliphatic carbocycles. The largest absolute Gasteiger partial charge is 0.294 e. The first-order chi connectivity index (χ1) is 9.25. The van der Waals surface area contributed by atoms with Gasteiger partial charge in [0.15, 0.2) is 5.78 Å². The Kier molecular flexibility index (Phi) is 4.62. The molecule has 0 aliphatic heterocycles. The predicted molar refractivity (Wildman–Crippen MR) is 78.8 cm³/mol. The Bertz CT molecular complexity index is 556. The van der Waals surface area contributed by atoms with Gasteiger partial charge in [0, 0.05) is 18.2 Å². The Morgan fingerprint density at radius 1 is 1.05 bits per heavy atom. The van der Waals surface area contributed by atoms with Crippen molar-refractivity contribution in [3.63, 3.8) is 0 Å². The molecule has 0 unspecified atom stereocenters. The highest BCUT2D eigenvalue weighted by Gasteiger charge is 2.01. The molecule has 0 saturated heterocycles. The molecule has 0 atom stereocenters. The molecule has 0 saturated carbocycles. The quantitative estimate of drug-likeness (QED) is 0.586. The van der Waals surface area contributed by atoms with Gasteiger partial charge < -0.3 is 0 Å². The molecule has 2 rings (SSSR count). The minimum atomic E-state index is 0.105. The van der Waals surface area contributed by atoms with Crippen LogP contribution in [0.2, 0.25) is 0 Å². The van der Waals surface area contributed by atoms with E-state index in [9.17, 15) is 4.79 Å². The third-order valence-corrected chi connectivity index (χ3v) is 2.90. The molecule has 19 heavy (non-hydrogen) atoms. The van der Waals surface area contributed by atoms with Gasteiger partial charge >= 0.3 is 0 Å². The highest BCUT2D eigenvalue weighted by Crippen LogP contribution is 2.05. The number of benzene rings is 2. The zero-order valence-electron chi connectivity index (χ0n) is 11.0. The van der Waals surface area contributed by atoms with Gasteiger partial charge in [0.25, 0.3) is 0 Å². The molecule has 0 spiro atoms. The van der Waals surface area contributed by atoms with Gasteiger partial charge in [-0.25, -0.2) is 0 Å². The van der Waals surface area contributed by atoms with Crippen molar-refractivity contribution in [3.8, 4) is 0 Å². The average molecular weight is 251 g/mol. The van der Waals surface area contributed by atoms with Crippen LogP contribution in [0.1, 0.15) is 27.9 Å². The summed E-state index contributed by atoms with van der Waals surface area (Å²) in [7, 11) is 0. The van der Waals surface area contributed by atoms with Crippen LogP contribution >= 0.6 is 0 Å². The van der Waals surface area contributed by atoms with Gasteiger partial charge in [0.1, 0.15) is 0 Å². The van der Waals surface area contributed by atoms with Crippen LogP contribution < -0.4 is 0 Å². The standard InChI is InChI=1S/C17H17NO/c1-14-7-9-15(10-8-14)13-18-12-11-17(19)16-5-3-2-4-6-16/h2-10,12H,11,13H2,1H3. The highest BCUT2D eigenvalue weighted by atomic mass is 16.1. The highest BCUT2D eigenvalue weighted by molar-refractivity contribution is 6.03. The molecular formula is C17H17NO. The van der Waals surface area contributed by atoms with E-state index in [1.54, 1.807) is 6.21 Å². The Morgan fingerprint density at radius 3 is 2.42 bits per heavy atom. The van der Waals surface area contributed by atoms with Crippen LogP contribution in [0, 0.1) is 6.92 Å². The molecule has 0 aromatic heterocycles. The van der Waals surface area contributed by atoms with E-state index in [1.807, 2.05) is 30.3 Å². The second kappa shape index (κ2) is 6.64. The van der Waals surface area contributed by atoms with Crippen molar-refractivity contribution in [1.29, 1.82) is 0 Å². The summed E-state index contributed by atoms with van der Waals surface area (Å²) in [5.41, 5.74) is 3.14. The molecule has 0 heterocycles. The summed E-state index contributed by atoms with van der Waals surface area (Å²) in [5, 5.41) is 0. The first-order valence-electron chi connectivity index (χ1n) is 6.38. The van der Waals surface area contributed by atoms with Crippen molar-refractivity contribution < 1.29 is 4.79 Å². The summed E-state index contributed by atoms with van der Waals surface area (Å²) in [6.45, 7) is 2.69. The second-order valence-electron chi connectivity index (χ2n) is 4.50. The van der Waals surface area contributed by atoms with E-state index in [0.717, 1.165) is 11.1 Å². The van der Waals surface area contributed by atoms with Crippen LogP contribution in [0.3, 0.4) is 0 Å². The number of nitrogens with zero attached hydrogens (tertiary/aromatic N) is 1. The molecule has 96 valence electrons. The van der Waals surface area contributed by atoms with Crippen molar-refractivity contribution >= 4 is 12.0 Å². The van der Waals surface area contributed by atoms with E-state index in [0.29, 0.717) is 13.0 Å². The first kappa shape index (κ1) is 13.2. The molecular weight excluding hydrogens is 234 g/mol. The van der Waals surface area contributed by atoms with E-state index in [2.05, 4.69) is 36.2 Å². The number of aryl methyl sites for hydroxylation is 1. The summed E-state index contributed by atoms with van der Waals surface area (Å²) < 4.78 is 0. The lowest BCUT2D eigenvalue weighted by Gasteiger charge is -1.98. The summed E-state index contributed by atoms with van der Waals surface area (Å²) in [6, 6.07) is 17.6. The van der Waals surface area contributed by atoms with Crippen molar-refractivity contribution in [2.45, 2.75) is 19.9 Å². The SMILES string of the molecule is Cc1ccc(CN=CCC(=O)c2ccccc2)cc1. The Balaban J connectivity index is 1.84. The van der Waals surface area contributed by atoms with Crippen LogP contribution in [0.4, 0.5) is 0 Å². The second-order valence-corrected chi connectivity index (χ2v) is 4.50. The fourth-order valence-corrected chi connectivity index (χ4v) is 1.75. The zero-order chi connectivity index (χ0) is 13.5. The number of Topliss-reactive ketones (excluding diaryl/α,β-unsaturated/α-hetero) is 1. The van der Waals surface area contributed by atoms with Crippen molar-refractivity contribution in [3.05, 3.63) is 71.3 Å². The summed E-state index contributed by atoms with van der Waals surface area (Å²) in [4.78, 5) is 16.1. The minimum Gasteiger partial charge on any atom is -0.294 e. The molecule has 0 aliphatic rings. The minimum absolute atomic E-state index is 0.105. The Morgan fingerprint density at radius 2 is 1.74 bits per heavy atom. The van der Waals surface area contributed by atoms with E-state index >= 15 is 0 Å². The van der Waals surface area contributed by atoms with Crippen molar-refractivity contribution in [2.24, 2.45) is 4.99 Å². The summed E-state index contributed by atoms with van der Waals surface area (Å²) >= 11 is 0. The smallest absolute Gasteiger partial charge is 0.168 e. The fourth-order valence-electron chi connectivity index (χ4n) is 1.75. The Labute approximate surface area is 113 Å². The maximum Gasteiger partial charge on any atom is 0.168 e. The Hall–Kier alpha value is -2.22. The van der Waals surface area contributed by atoms with Gasteiger partial charge in [-0.05, 0) is 12.5 Å². The van der Waals surface area contributed by atoms with E-state index in [4.69, 9.17) is 0 Å². The van der Waals surface area contributed by atoms with Crippen LogP contribution in [-0.2, 0) is 6.54 Å². The number of rotatable bonds is 5. The lowest BCUT2D eigenvalue weighted by Crippen LogP contribution is -1.99. The number of ketones is 1. The monoisotopic (exact) mass is 251 g/mol. The molecule has 0 radical (unpaired) electrons. The van der Waals surface area contributed by atoms with Gasteiger partial charge in [-0.3, -0.25) is 9.79 Å². The van der Waals surface area contributed by atoms with Gasteiger partial charge in [-0.1, -0.05) is 60.2 Å². The normalized spacial score (nSPS) is 10.8. The predicted octanol–water partition coefficient (Wildman–Crippen LogP) is 3.84. The summed E-state index contributed by atoms with van der Waals surface area (Å²) in [5.74, 6) is 0.105. The maximum atomic E-state index is 11.8. The number of carbonyl (C=O) groups is 1. The van der Waals surface area contributed by atoms with Gasteiger partial charge in [0.2, 0.25) is 0 Å². The molecule has 2 aromatic rings. The molecule has 2 heteroatoms. The maximum absolute atomic E-state index is 11.8. The van der Waals surface area contributed by atoms with E-state index in [-0.39, 0.29) is 5.78 Å². The molecule has 2 aromatic carbocycles.